The minimum absolute atomic E-state index is 0.0494. The van der Waals surface area contributed by atoms with Crippen LogP contribution in [0.25, 0.3) is 0 Å². The lowest BCUT2D eigenvalue weighted by molar-refractivity contribution is -0.121. The summed E-state index contributed by atoms with van der Waals surface area (Å²) in [5, 5.41) is 3.00. The van der Waals surface area contributed by atoms with Crippen LogP contribution in [0.5, 0.6) is 5.75 Å². The van der Waals surface area contributed by atoms with Gasteiger partial charge in [0.15, 0.2) is 0 Å². The normalized spacial score (nSPS) is 18.6. The van der Waals surface area contributed by atoms with Crippen LogP contribution in [0.15, 0.2) is 24.3 Å². The zero-order valence-electron chi connectivity index (χ0n) is 12.7. The van der Waals surface area contributed by atoms with Gasteiger partial charge in [-0.15, -0.1) is 0 Å². The van der Waals surface area contributed by atoms with Gasteiger partial charge in [0.25, 0.3) is 0 Å². The van der Waals surface area contributed by atoms with E-state index in [-0.39, 0.29) is 5.91 Å². The van der Waals surface area contributed by atoms with Crippen LogP contribution in [0.3, 0.4) is 0 Å². The molecule has 1 saturated heterocycles. The molecule has 1 aliphatic heterocycles. The van der Waals surface area contributed by atoms with Crippen molar-refractivity contribution in [3.63, 3.8) is 0 Å². The molecule has 0 radical (unpaired) electrons. The molecule has 1 atom stereocenters. The van der Waals surface area contributed by atoms with Crippen LogP contribution in [0, 0.1) is 0 Å². The van der Waals surface area contributed by atoms with Gasteiger partial charge in [-0.3, -0.25) is 9.69 Å². The summed E-state index contributed by atoms with van der Waals surface area (Å²) in [5.74, 6) is 0.790. The Labute approximate surface area is 126 Å². The van der Waals surface area contributed by atoms with Gasteiger partial charge in [-0.2, -0.15) is 0 Å². The number of nitrogens with two attached hydrogens (primary N) is 1. The van der Waals surface area contributed by atoms with Crippen LogP contribution in [-0.2, 0) is 4.79 Å². The van der Waals surface area contributed by atoms with Crippen molar-refractivity contribution < 1.29 is 9.53 Å². The van der Waals surface area contributed by atoms with E-state index < -0.39 is 0 Å². The molecular formula is C16H25N3O2. The predicted molar refractivity (Wildman–Crippen MR) is 84.2 cm³/mol. The van der Waals surface area contributed by atoms with Crippen molar-refractivity contribution in [1.29, 1.82) is 0 Å². The summed E-state index contributed by atoms with van der Waals surface area (Å²) in [5.41, 5.74) is 6.31. The fraction of sp³-hybridized carbons (Fsp3) is 0.562. The zero-order valence-corrected chi connectivity index (χ0v) is 12.7. The highest BCUT2D eigenvalue weighted by atomic mass is 16.5. The number of hydrogen-bond acceptors (Lipinski definition) is 4. The maximum absolute atomic E-state index is 11.8. The van der Waals surface area contributed by atoms with Gasteiger partial charge >= 0.3 is 0 Å². The molecule has 5 nitrogen and oxygen atoms in total. The van der Waals surface area contributed by atoms with Crippen LogP contribution < -0.4 is 15.8 Å². The molecule has 1 amide bonds. The molecule has 0 aromatic heterocycles. The molecule has 0 aliphatic carbocycles. The summed E-state index contributed by atoms with van der Waals surface area (Å²) in [4.78, 5) is 14.2. The Kier molecular flexibility index (Phi) is 5.87. The fourth-order valence-corrected chi connectivity index (χ4v) is 2.69. The second kappa shape index (κ2) is 7.88. The average molecular weight is 291 g/mol. The molecule has 1 aromatic rings. The molecule has 1 aromatic carbocycles. The van der Waals surface area contributed by atoms with E-state index in [9.17, 15) is 4.79 Å². The Hall–Kier alpha value is -1.75. The highest BCUT2D eigenvalue weighted by Crippen LogP contribution is 2.15. The van der Waals surface area contributed by atoms with E-state index in [0.29, 0.717) is 24.8 Å². The SMILES string of the molecule is CCN1CCCC1CNC(=O)CCOc1ccc(N)cc1. The molecular weight excluding hydrogens is 266 g/mol. The van der Waals surface area contributed by atoms with Crippen LogP contribution in [-0.4, -0.2) is 43.1 Å². The quantitative estimate of drug-likeness (QED) is 0.749. The first-order chi connectivity index (χ1) is 10.2. The van der Waals surface area contributed by atoms with Gasteiger partial charge < -0.3 is 15.8 Å². The number of nitrogens with zero attached hydrogens (tertiary/aromatic N) is 1. The number of likely N-dealkylation sites (N-methyl/N-ethyl adjacent to an activating group) is 1. The topological polar surface area (TPSA) is 67.6 Å². The molecule has 0 spiro atoms. The van der Waals surface area contributed by atoms with Gasteiger partial charge in [-0.05, 0) is 50.2 Å². The number of hydrogen-bond donors (Lipinski definition) is 2. The number of likely N-dealkylation sites (tertiary alicyclic amines) is 1. The van der Waals surface area contributed by atoms with Crippen molar-refractivity contribution in [2.45, 2.75) is 32.2 Å². The molecule has 0 bridgehead atoms. The van der Waals surface area contributed by atoms with Crippen molar-refractivity contribution >= 4 is 11.6 Å². The van der Waals surface area contributed by atoms with Crippen molar-refractivity contribution in [2.75, 3.05) is 32.0 Å². The Morgan fingerprint density at radius 3 is 2.90 bits per heavy atom. The molecule has 2 rings (SSSR count). The van der Waals surface area contributed by atoms with Crippen molar-refractivity contribution in [1.82, 2.24) is 10.2 Å². The van der Waals surface area contributed by atoms with Crippen molar-refractivity contribution in [2.24, 2.45) is 0 Å². The summed E-state index contributed by atoms with van der Waals surface area (Å²) >= 11 is 0. The summed E-state index contributed by atoms with van der Waals surface area (Å²) in [7, 11) is 0. The van der Waals surface area contributed by atoms with E-state index in [4.69, 9.17) is 10.5 Å². The van der Waals surface area contributed by atoms with Gasteiger partial charge in [-0.25, -0.2) is 0 Å². The Morgan fingerprint density at radius 2 is 2.19 bits per heavy atom. The Bertz CT molecular complexity index is 447. The average Bonchev–Trinajstić information content (AvgIpc) is 2.95. The lowest BCUT2D eigenvalue weighted by Gasteiger charge is -2.22. The number of nitrogens with one attached hydrogen (secondary N) is 1. The fourth-order valence-electron chi connectivity index (χ4n) is 2.69. The maximum Gasteiger partial charge on any atom is 0.223 e. The van der Waals surface area contributed by atoms with Gasteiger partial charge in [0.2, 0.25) is 5.91 Å². The second-order valence-electron chi connectivity index (χ2n) is 5.40. The number of nitrogen functional groups attached to an aromatic ring is 1. The minimum atomic E-state index is 0.0494. The van der Waals surface area contributed by atoms with E-state index in [1.54, 1.807) is 12.1 Å². The number of carbonyl (C=O) groups is 1. The third-order valence-electron chi connectivity index (χ3n) is 3.92. The smallest absolute Gasteiger partial charge is 0.223 e. The number of carbonyl (C=O) groups excluding carboxylic acids is 1. The second-order valence-corrected chi connectivity index (χ2v) is 5.40. The van der Waals surface area contributed by atoms with Gasteiger partial charge in [0.1, 0.15) is 5.75 Å². The van der Waals surface area contributed by atoms with Crippen LogP contribution >= 0.6 is 0 Å². The summed E-state index contributed by atoms with van der Waals surface area (Å²) < 4.78 is 5.52. The van der Waals surface area contributed by atoms with Gasteiger partial charge in [0.05, 0.1) is 13.0 Å². The van der Waals surface area contributed by atoms with Crippen molar-refractivity contribution in [3.05, 3.63) is 24.3 Å². The van der Waals surface area contributed by atoms with Crippen molar-refractivity contribution in [3.8, 4) is 5.75 Å². The molecule has 1 aliphatic rings. The van der Waals surface area contributed by atoms with Crippen LogP contribution in [0.1, 0.15) is 26.2 Å². The monoisotopic (exact) mass is 291 g/mol. The zero-order chi connectivity index (χ0) is 15.1. The number of amides is 1. The summed E-state index contributed by atoms with van der Waals surface area (Å²) in [6.45, 7) is 5.51. The minimum Gasteiger partial charge on any atom is -0.493 e. The highest BCUT2D eigenvalue weighted by molar-refractivity contribution is 5.76. The summed E-state index contributed by atoms with van der Waals surface area (Å²) in [6, 6.07) is 7.69. The van der Waals surface area contributed by atoms with E-state index in [0.717, 1.165) is 25.4 Å². The molecule has 1 fully saturated rings. The van der Waals surface area contributed by atoms with Crippen LogP contribution in [0.2, 0.25) is 0 Å². The molecule has 5 heteroatoms. The number of rotatable bonds is 7. The number of benzene rings is 1. The number of ether oxygens (including phenoxy) is 1. The first-order valence-electron chi connectivity index (χ1n) is 7.68. The van der Waals surface area contributed by atoms with E-state index in [1.807, 2.05) is 12.1 Å². The van der Waals surface area contributed by atoms with Gasteiger partial charge in [0, 0.05) is 18.3 Å². The maximum atomic E-state index is 11.8. The predicted octanol–water partition coefficient (Wildman–Crippen LogP) is 1.64. The summed E-state index contributed by atoms with van der Waals surface area (Å²) in [6.07, 6.45) is 2.79. The van der Waals surface area contributed by atoms with E-state index >= 15 is 0 Å². The molecule has 21 heavy (non-hydrogen) atoms. The Morgan fingerprint density at radius 1 is 1.43 bits per heavy atom. The molecule has 116 valence electrons. The third-order valence-corrected chi connectivity index (χ3v) is 3.92. The van der Waals surface area contributed by atoms with E-state index in [1.165, 1.54) is 12.8 Å². The lowest BCUT2D eigenvalue weighted by Crippen LogP contribution is -2.40. The van der Waals surface area contributed by atoms with Crippen LogP contribution in [0.4, 0.5) is 5.69 Å². The first-order valence-corrected chi connectivity index (χ1v) is 7.68. The largest absolute Gasteiger partial charge is 0.493 e. The standard InChI is InChI=1S/C16H25N3O2/c1-2-19-10-3-4-14(19)12-18-16(20)9-11-21-15-7-5-13(17)6-8-15/h5-8,14H,2-4,9-12,17H2,1H3,(H,18,20). The van der Waals surface area contributed by atoms with E-state index in [2.05, 4.69) is 17.1 Å². The molecule has 0 saturated carbocycles. The lowest BCUT2D eigenvalue weighted by atomic mass is 10.2. The highest BCUT2D eigenvalue weighted by Gasteiger charge is 2.22. The van der Waals surface area contributed by atoms with Gasteiger partial charge in [-0.1, -0.05) is 6.92 Å². The first kappa shape index (κ1) is 15.6. The molecule has 1 unspecified atom stereocenters. The number of anilines is 1. The Balaban J connectivity index is 1.62. The third kappa shape index (κ3) is 4.93. The molecule has 3 N–H and O–H groups in total. The molecule has 1 heterocycles.